The van der Waals surface area contributed by atoms with Crippen LogP contribution in [0.5, 0.6) is 5.75 Å². The number of methoxy groups -OCH3 is 1. The number of nitrogens with one attached hydrogen (secondary N) is 1. The number of pyridine rings is 1. The van der Waals surface area contributed by atoms with Crippen molar-refractivity contribution in [3.05, 3.63) is 77.4 Å². The van der Waals surface area contributed by atoms with Crippen molar-refractivity contribution in [2.45, 2.75) is 32.4 Å². The zero-order chi connectivity index (χ0) is 22.0. The zero-order valence-corrected chi connectivity index (χ0v) is 18.9. The van der Waals surface area contributed by atoms with Crippen molar-refractivity contribution in [1.82, 2.24) is 19.8 Å². The Balaban J connectivity index is 1.78. The SMILES string of the molecule is COCCCN1C(=S)NC(c2ccccn2)C1c1cc(C)n(-c2ccc(O)cc2)c1C. The number of aryl methyl sites for hydroxylation is 1. The molecule has 7 heteroatoms. The number of ether oxygens (including phenoxy) is 1. The summed E-state index contributed by atoms with van der Waals surface area (Å²) in [6.07, 6.45) is 2.71. The summed E-state index contributed by atoms with van der Waals surface area (Å²) in [5.41, 5.74) is 5.49. The maximum atomic E-state index is 9.69. The van der Waals surface area contributed by atoms with Gasteiger partial charge >= 0.3 is 0 Å². The summed E-state index contributed by atoms with van der Waals surface area (Å²) >= 11 is 5.75. The van der Waals surface area contributed by atoms with E-state index in [0.717, 1.165) is 40.8 Å². The number of aromatic nitrogens is 2. The Morgan fingerprint density at radius 1 is 1.16 bits per heavy atom. The standard InChI is InChI=1S/C24H28N4O2S/c1-16-15-20(17(2)28(16)18-8-10-19(29)11-9-18)23-22(21-7-4-5-12-25-21)26-24(31)27(23)13-6-14-30-3/h4-5,7-12,15,22-23,29H,6,13-14H2,1-3H3,(H,26,31). The van der Waals surface area contributed by atoms with E-state index >= 15 is 0 Å². The zero-order valence-electron chi connectivity index (χ0n) is 18.1. The number of benzene rings is 1. The van der Waals surface area contributed by atoms with Crippen molar-refractivity contribution in [3.63, 3.8) is 0 Å². The van der Waals surface area contributed by atoms with Gasteiger partial charge in [0.1, 0.15) is 5.75 Å². The molecule has 1 saturated heterocycles. The van der Waals surface area contributed by atoms with Crippen molar-refractivity contribution >= 4 is 17.3 Å². The maximum Gasteiger partial charge on any atom is 0.170 e. The molecular formula is C24H28N4O2S. The first-order valence-electron chi connectivity index (χ1n) is 10.5. The van der Waals surface area contributed by atoms with Crippen LogP contribution in [-0.2, 0) is 4.74 Å². The molecular weight excluding hydrogens is 408 g/mol. The van der Waals surface area contributed by atoms with Gasteiger partial charge in [-0.2, -0.15) is 0 Å². The van der Waals surface area contributed by atoms with E-state index < -0.39 is 0 Å². The van der Waals surface area contributed by atoms with Crippen LogP contribution in [0.2, 0.25) is 0 Å². The quantitative estimate of drug-likeness (QED) is 0.428. The third-order valence-electron chi connectivity index (χ3n) is 5.84. The summed E-state index contributed by atoms with van der Waals surface area (Å²) < 4.78 is 7.50. The molecule has 4 rings (SSSR count). The van der Waals surface area contributed by atoms with Gasteiger partial charge in [0.25, 0.3) is 0 Å². The van der Waals surface area contributed by atoms with Crippen LogP contribution in [0.25, 0.3) is 5.69 Å². The van der Waals surface area contributed by atoms with Crippen LogP contribution in [0.4, 0.5) is 0 Å². The number of aromatic hydroxyl groups is 1. The molecule has 6 nitrogen and oxygen atoms in total. The van der Waals surface area contributed by atoms with Crippen LogP contribution in [-0.4, -0.2) is 44.9 Å². The average molecular weight is 437 g/mol. The van der Waals surface area contributed by atoms with E-state index in [4.69, 9.17) is 17.0 Å². The number of rotatable bonds is 7. The first-order valence-corrected chi connectivity index (χ1v) is 10.9. The second-order valence-corrected chi connectivity index (χ2v) is 8.23. The molecule has 3 heterocycles. The minimum atomic E-state index is -0.0370. The summed E-state index contributed by atoms with van der Waals surface area (Å²) in [7, 11) is 1.72. The molecule has 2 N–H and O–H groups in total. The van der Waals surface area contributed by atoms with Crippen molar-refractivity contribution in [1.29, 1.82) is 0 Å². The van der Waals surface area contributed by atoms with Crippen LogP contribution in [0.3, 0.4) is 0 Å². The monoisotopic (exact) mass is 436 g/mol. The molecule has 2 aromatic heterocycles. The highest BCUT2D eigenvalue weighted by Crippen LogP contribution is 2.41. The molecule has 0 amide bonds. The second kappa shape index (κ2) is 9.08. The normalized spacial score (nSPS) is 18.4. The Bertz CT molecular complexity index is 1050. The van der Waals surface area contributed by atoms with Gasteiger partial charge in [-0.3, -0.25) is 4.98 Å². The summed E-state index contributed by atoms with van der Waals surface area (Å²) in [5.74, 6) is 0.260. The Morgan fingerprint density at radius 2 is 1.94 bits per heavy atom. The number of phenolic OH excluding ortho intramolecular Hbond substituents is 1. The predicted molar refractivity (Wildman–Crippen MR) is 126 cm³/mol. The van der Waals surface area contributed by atoms with Crippen molar-refractivity contribution < 1.29 is 9.84 Å². The van der Waals surface area contributed by atoms with Crippen LogP contribution in [0.15, 0.2) is 54.7 Å². The van der Waals surface area contributed by atoms with Gasteiger partial charge < -0.3 is 24.6 Å². The van der Waals surface area contributed by atoms with Crippen LogP contribution in [0.1, 0.15) is 41.1 Å². The minimum Gasteiger partial charge on any atom is -0.508 e. The molecule has 0 spiro atoms. The van der Waals surface area contributed by atoms with E-state index in [-0.39, 0.29) is 17.8 Å². The fourth-order valence-corrected chi connectivity index (χ4v) is 4.78. The van der Waals surface area contributed by atoms with Gasteiger partial charge in [-0.15, -0.1) is 0 Å². The van der Waals surface area contributed by atoms with Gasteiger partial charge in [0.05, 0.1) is 17.8 Å². The molecule has 0 aliphatic carbocycles. The number of thiocarbonyl (C=S) groups is 1. The van der Waals surface area contributed by atoms with Gasteiger partial charge in [-0.1, -0.05) is 6.07 Å². The minimum absolute atomic E-state index is 0.0244. The van der Waals surface area contributed by atoms with Crippen molar-refractivity contribution in [2.75, 3.05) is 20.3 Å². The number of nitrogens with zero attached hydrogens (tertiary/aromatic N) is 3. The van der Waals surface area contributed by atoms with E-state index in [1.54, 1.807) is 19.2 Å². The number of hydrogen-bond acceptors (Lipinski definition) is 4. The van der Waals surface area contributed by atoms with Gasteiger partial charge in [0.15, 0.2) is 5.11 Å². The fraction of sp³-hybridized carbons (Fsp3) is 0.333. The van der Waals surface area contributed by atoms with E-state index in [0.29, 0.717) is 6.61 Å². The smallest absolute Gasteiger partial charge is 0.170 e. The summed E-state index contributed by atoms with van der Waals surface area (Å²) in [5, 5.41) is 13.9. The number of phenols is 1. The van der Waals surface area contributed by atoms with Gasteiger partial charge in [-0.25, -0.2) is 0 Å². The molecule has 0 bridgehead atoms. The highest BCUT2D eigenvalue weighted by Gasteiger charge is 2.41. The van der Waals surface area contributed by atoms with E-state index in [9.17, 15) is 5.11 Å². The van der Waals surface area contributed by atoms with Crippen LogP contribution >= 0.6 is 12.2 Å². The lowest BCUT2D eigenvalue weighted by Gasteiger charge is -2.28. The molecule has 1 aliphatic heterocycles. The molecule has 2 unspecified atom stereocenters. The van der Waals surface area contributed by atoms with Gasteiger partial charge in [0, 0.05) is 43.5 Å². The van der Waals surface area contributed by atoms with Crippen LogP contribution in [0, 0.1) is 13.8 Å². The molecule has 31 heavy (non-hydrogen) atoms. The van der Waals surface area contributed by atoms with Crippen LogP contribution < -0.4 is 5.32 Å². The summed E-state index contributed by atoms with van der Waals surface area (Å²) in [6, 6.07) is 15.5. The van der Waals surface area contributed by atoms with E-state index in [2.05, 4.69) is 39.7 Å². The van der Waals surface area contributed by atoms with Gasteiger partial charge in [-0.05, 0) is 80.5 Å². The highest BCUT2D eigenvalue weighted by atomic mass is 32.1. The lowest BCUT2D eigenvalue weighted by molar-refractivity contribution is 0.180. The predicted octanol–water partition coefficient (Wildman–Crippen LogP) is 4.20. The lowest BCUT2D eigenvalue weighted by atomic mass is 9.96. The average Bonchev–Trinajstić information content (AvgIpc) is 3.25. The summed E-state index contributed by atoms with van der Waals surface area (Å²) in [6.45, 7) is 5.73. The van der Waals surface area contributed by atoms with Crippen molar-refractivity contribution in [2.24, 2.45) is 0 Å². The Kier molecular flexibility index (Phi) is 6.25. The van der Waals surface area contributed by atoms with E-state index in [1.165, 1.54) is 5.56 Å². The molecule has 1 aromatic carbocycles. The molecule has 1 aliphatic rings. The topological polar surface area (TPSA) is 62.5 Å². The third kappa shape index (κ3) is 4.16. The first kappa shape index (κ1) is 21.3. The van der Waals surface area contributed by atoms with Crippen molar-refractivity contribution in [3.8, 4) is 11.4 Å². The molecule has 3 aromatic rings. The Labute approximate surface area is 188 Å². The lowest BCUT2D eigenvalue weighted by Crippen LogP contribution is -2.31. The largest absolute Gasteiger partial charge is 0.508 e. The highest BCUT2D eigenvalue weighted by molar-refractivity contribution is 7.80. The second-order valence-electron chi connectivity index (χ2n) is 7.84. The van der Waals surface area contributed by atoms with Gasteiger partial charge in [0.2, 0.25) is 0 Å². The molecule has 162 valence electrons. The van der Waals surface area contributed by atoms with E-state index in [1.807, 2.05) is 36.5 Å². The first-order chi connectivity index (χ1) is 15.0. The maximum absolute atomic E-state index is 9.69. The Hall–Kier alpha value is -2.90. The third-order valence-corrected chi connectivity index (χ3v) is 6.19. The molecule has 1 fully saturated rings. The summed E-state index contributed by atoms with van der Waals surface area (Å²) in [4.78, 5) is 6.88. The molecule has 0 radical (unpaired) electrons. The number of hydrogen-bond donors (Lipinski definition) is 2. The Morgan fingerprint density at radius 3 is 2.61 bits per heavy atom. The molecule has 2 atom stereocenters. The molecule has 0 saturated carbocycles. The fourth-order valence-electron chi connectivity index (χ4n) is 4.45.